The van der Waals surface area contributed by atoms with Crippen LogP contribution < -0.4 is 0 Å². The number of alkyl halides is 3. The first-order valence-corrected chi connectivity index (χ1v) is 6.65. The Hall–Kier alpha value is -1.36. The van der Waals surface area contributed by atoms with E-state index in [1.165, 1.54) is 12.1 Å². The summed E-state index contributed by atoms with van der Waals surface area (Å²) >= 11 is 0. The minimum atomic E-state index is -4.32. The zero-order chi connectivity index (χ0) is 14.9. The molecule has 5 heteroatoms. The SMILES string of the molecule is CN(C)[C@H]1C[C@@H](c2cccc(C(F)(F)F)c2)CCC1=O. The third kappa shape index (κ3) is 3.20. The molecule has 2 nitrogen and oxygen atoms in total. The highest BCUT2D eigenvalue weighted by molar-refractivity contribution is 5.85. The van der Waals surface area contributed by atoms with Gasteiger partial charge in [-0.05, 0) is 44.5 Å². The van der Waals surface area contributed by atoms with Crippen LogP contribution in [0.2, 0.25) is 0 Å². The summed E-state index contributed by atoms with van der Waals surface area (Å²) in [7, 11) is 3.66. The number of rotatable bonds is 2. The van der Waals surface area contributed by atoms with Crippen LogP contribution in [0, 0.1) is 0 Å². The van der Waals surface area contributed by atoms with Crippen molar-refractivity contribution in [2.24, 2.45) is 0 Å². The summed E-state index contributed by atoms with van der Waals surface area (Å²) in [5.41, 5.74) is 0.0625. The van der Waals surface area contributed by atoms with Gasteiger partial charge in [-0.1, -0.05) is 18.2 Å². The van der Waals surface area contributed by atoms with Gasteiger partial charge >= 0.3 is 6.18 Å². The largest absolute Gasteiger partial charge is 0.416 e. The van der Waals surface area contributed by atoms with E-state index < -0.39 is 11.7 Å². The summed E-state index contributed by atoms with van der Waals surface area (Å²) in [6, 6.07) is 5.28. The van der Waals surface area contributed by atoms with E-state index in [1.807, 2.05) is 19.0 Å². The quantitative estimate of drug-likeness (QED) is 0.829. The molecule has 0 spiro atoms. The Morgan fingerprint density at radius 1 is 1.25 bits per heavy atom. The van der Waals surface area contributed by atoms with Crippen molar-refractivity contribution >= 4 is 5.78 Å². The predicted molar refractivity (Wildman–Crippen MR) is 70.5 cm³/mol. The number of Topliss-reactive ketones (excluding diaryl/α,β-unsaturated/α-hetero) is 1. The molecule has 0 saturated heterocycles. The van der Waals surface area contributed by atoms with E-state index in [0.29, 0.717) is 24.8 Å². The Labute approximate surface area is 116 Å². The highest BCUT2D eigenvalue weighted by Gasteiger charge is 2.33. The molecule has 1 aromatic carbocycles. The van der Waals surface area contributed by atoms with Crippen LogP contribution in [0.25, 0.3) is 0 Å². The van der Waals surface area contributed by atoms with Crippen LogP contribution in [0.3, 0.4) is 0 Å². The first kappa shape index (κ1) is 15.0. The molecule has 2 rings (SSSR count). The fraction of sp³-hybridized carbons (Fsp3) is 0.533. The van der Waals surface area contributed by atoms with Gasteiger partial charge in [-0.25, -0.2) is 0 Å². The molecular weight excluding hydrogens is 267 g/mol. The van der Waals surface area contributed by atoms with E-state index in [0.717, 1.165) is 6.07 Å². The zero-order valence-electron chi connectivity index (χ0n) is 11.6. The number of nitrogens with zero attached hydrogens (tertiary/aromatic N) is 1. The van der Waals surface area contributed by atoms with Gasteiger partial charge in [0.2, 0.25) is 0 Å². The molecule has 2 atom stereocenters. The molecule has 1 aliphatic carbocycles. The molecule has 0 aliphatic heterocycles. The third-order valence-electron chi connectivity index (χ3n) is 3.93. The third-order valence-corrected chi connectivity index (χ3v) is 3.93. The smallest absolute Gasteiger partial charge is 0.300 e. The predicted octanol–water partition coefficient (Wildman–Crippen LogP) is 3.47. The molecule has 0 bridgehead atoms. The molecule has 0 amide bonds. The molecular formula is C15H18F3NO. The van der Waals surface area contributed by atoms with Gasteiger partial charge in [-0.3, -0.25) is 9.69 Å². The molecule has 20 heavy (non-hydrogen) atoms. The maximum absolute atomic E-state index is 12.7. The van der Waals surface area contributed by atoms with Crippen LogP contribution >= 0.6 is 0 Å². The fourth-order valence-corrected chi connectivity index (χ4v) is 2.77. The van der Waals surface area contributed by atoms with E-state index in [1.54, 1.807) is 6.07 Å². The van der Waals surface area contributed by atoms with E-state index in [2.05, 4.69) is 0 Å². The van der Waals surface area contributed by atoms with Gasteiger partial charge in [0, 0.05) is 6.42 Å². The van der Waals surface area contributed by atoms with Gasteiger partial charge in [0.25, 0.3) is 0 Å². The molecule has 1 aliphatic rings. The van der Waals surface area contributed by atoms with Crippen LogP contribution in [-0.4, -0.2) is 30.8 Å². The van der Waals surface area contributed by atoms with Gasteiger partial charge in [0.1, 0.15) is 5.78 Å². The number of carbonyl (C=O) groups excluding carboxylic acids is 1. The summed E-state index contributed by atoms with van der Waals surface area (Å²) < 4.78 is 38.2. The standard InChI is InChI=1S/C15H18F3NO/c1-19(2)13-9-11(6-7-14(13)20)10-4-3-5-12(8-10)15(16,17)18/h3-5,8,11,13H,6-7,9H2,1-2H3/t11-,13-/m0/s1. The van der Waals surface area contributed by atoms with E-state index >= 15 is 0 Å². The van der Waals surface area contributed by atoms with Gasteiger partial charge in [-0.15, -0.1) is 0 Å². The van der Waals surface area contributed by atoms with Crippen LogP contribution in [0.5, 0.6) is 0 Å². The Morgan fingerprint density at radius 3 is 2.55 bits per heavy atom. The normalized spacial score (nSPS) is 24.2. The molecule has 0 heterocycles. The molecule has 0 radical (unpaired) electrons. The Balaban J connectivity index is 2.22. The molecule has 0 N–H and O–H groups in total. The number of ketones is 1. The van der Waals surface area contributed by atoms with Crippen molar-refractivity contribution in [3.63, 3.8) is 0 Å². The maximum atomic E-state index is 12.7. The maximum Gasteiger partial charge on any atom is 0.416 e. The van der Waals surface area contributed by atoms with Gasteiger partial charge in [0.05, 0.1) is 11.6 Å². The Bertz CT molecular complexity index is 496. The number of hydrogen-bond acceptors (Lipinski definition) is 2. The number of hydrogen-bond donors (Lipinski definition) is 0. The van der Waals surface area contributed by atoms with Crippen molar-refractivity contribution < 1.29 is 18.0 Å². The summed E-state index contributed by atoms with van der Waals surface area (Å²) in [6.07, 6.45) is -2.66. The molecule has 0 aromatic heterocycles. The molecule has 1 aromatic rings. The average molecular weight is 285 g/mol. The first-order chi connectivity index (χ1) is 9.29. The van der Waals surface area contributed by atoms with Crippen LogP contribution in [-0.2, 0) is 11.0 Å². The van der Waals surface area contributed by atoms with E-state index in [9.17, 15) is 18.0 Å². The molecule has 110 valence electrons. The summed E-state index contributed by atoms with van der Waals surface area (Å²) in [5, 5.41) is 0. The highest BCUT2D eigenvalue weighted by atomic mass is 19.4. The molecule has 1 saturated carbocycles. The number of benzene rings is 1. The Kier molecular flexibility index (Phi) is 4.18. The van der Waals surface area contributed by atoms with Crippen molar-refractivity contribution in [1.82, 2.24) is 4.90 Å². The second-order valence-corrected chi connectivity index (χ2v) is 5.54. The monoisotopic (exact) mass is 285 g/mol. The minimum Gasteiger partial charge on any atom is -0.300 e. The van der Waals surface area contributed by atoms with Crippen molar-refractivity contribution in [1.29, 1.82) is 0 Å². The first-order valence-electron chi connectivity index (χ1n) is 6.65. The Morgan fingerprint density at radius 2 is 1.95 bits per heavy atom. The molecule has 1 fully saturated rings. The van der Waals surface area contributed by atoms with E-state index in [4.69, 9.17) is 0 Å². The summed E-state index contributed by atoms with van der Waals surface area (Å²) in [4.78, 5) is 13.7. The van der Waals surface area contributed by atoms with Crippen molar-refractivity contribution in [2.75, 3.05) is 14.1 Å². The number of halogens is 3. The lowest BCUT2D eigenvalue weighted by atomic mass is 9.80. The summed E-state index contributed by atoms with van der Waals surface area (Å²) in [5.74, 6) is 0.195. The van der Waals surface area contributed by atoms with Crippen LogP contribution in [0.1, 0.15) is 36.3 Å². The number of carbonyl (C=O) groups is 1. The van der Waals surface area contributed by atoms with Crippen LogP contribution in [0.15, 0.2) is 24.3 Å². The minimum absolute atomic E-state index is 0.0161. The second kappa shape index (κ2) is 5.56. The van der Waals surface area contributed by atoms with Crippen LogP contribution in [0.4, 0.5) is 13.2 Å². The second-order valence-electron chi connectivity index (χ2n) is 5.54. The summed E-state index contributed by atoms with van der Waals surface area (Å²) in [6.45, 7) is 0. The lowest BCUT2D eigenvalue weighted by Crippen LogP contribution is -2.40. The van der Waals surface area contributed by atoms with Gasteiger partial charge in [-0.2, -0.15) is 13.2 Å². The fourth-order valence-electron chi connectivity index (χ4n) is 2.77. The van der Waals surface area contributed by atoms with Gasteiger partial charge in [0.15, 0.2) is 0 Å². The zero-order valence-corrected chi connectivity index (χ0v) is 11.6. The average Bonchev–Trinajstić information content (AvgIpc) is 2.38. The van der Waals surface area contributed by atoms with Gasteiger partial charge < -0.3 is 0 Å². The topological polar surface area (TPSA) is 20.3 Å². The van der Waals surface area contributed by atoms with Crippen molar-refractivity contribution in [3.05, 3.63) is 35.4 Å². The van der Waals surface area contributed by atoms with Crippen molar-refractivity contribution in [3.8, 4) is 0 Å². The molecule has 0 unspecified atom stereocenters. The highest BCUT2D eigenvalue weighted by Crippen LogP contribution is 2.36. The lowest BCUT2D eigenvalue weighted by Gasteiger charge is -2.32. The lowest BCUT2D eigenvalue weighted by molar-refractivity contribution is -0.137. The van der Waals surface area contributed by atoms with E-state index in [-0.39, 0.29) is 17.7 Å². The van der Waals surface area contributed by atoms with Crippen molar-refractivity contribution in [2.45, 2.75) is 37.4 Å². The number of likely N-dealkylation sites (N-methyl/N-ethyl adjacent to an activating group) is 1.